The molecule has 1 aliphatic heterocycles. The van der Waals surface area contributed by atoms with E-state index in [1.54, 1.807) is 36.4 Å². The van der Waals surface area contributed by atoms with Crippen LogP contribution in [0.2, 0.25) is 5.02 Å². The van der Waals surface area contributed by atoms with Crippen molar-refractivity contribution in [2.45, 2.75) is 6.92 Å². The van der Waals surface area contributed by atoms with E-state index in [0.29, 0.717) is 28.8 Å². The van der Waals surface area contributed by atoms with Gasteiger partial charge in [0.2, 0.25) is 5.91 Å². The highest BCUT2D eigenvalue weighted by molar-refractivity contribution is 6.33. The molecule has 0 aliphatic carbocycles. The summed E-state index contributed by atoms with van der Waals surface area (Å²) in [4.78, 5) is 42.0. The highest BCUT2D eigenvalue weighted by Gasteiger charge is 2.40. The predicted molar refractivity (Wildman–Crippen MR) is 102 cm³/mol. The Morgan fingerprint density at radius 1 is 1.11 bits per heavy atom. The first-order chi connectivity index (χ1) is 13.0. The van der Waals surface area contributed by atoms with Crippen molar-refractivity contribution < 1.29 is 19.1 Å². The summed E-state index contributed by atoms with van der Waals surface area (Å²) in [5.74, 6) is -1.92. The number of ether oxygens (including phenoxy) is 1. The molecule has 0 saturated carbocycles. The third-order valence-electron chi connectivity index (χ3n) is 3.81. The molecule has 0 spiro atoms. The van der Waals surface area contributed by atoms with Crippen molar-refractivity contribution in [1.82, 2.24) is 5.32 Å². The number of carbonyl (C=O) groups excluding carboxylic acids is 3. The zero-order valence-corrected chi connectivity index (χ0v) is 15.1. The molecule has 8 heteroatoms. The van der Waals surface area contributed by atoms with Crippen molar-refractivity contribution in [2.24, 2.45) is 10.9 Å². The Morgan fingerprint density at radius 3 is 2.41 bits per heavy atom. The van der Waals surface area contributed by atoms with Crippen LogP contribution in [0.4, 0.5) is 16.2 Å². The van der Waals surface area contributed by atoms with Gasteiger partial charge in [0.05, 0.1) is 18.0 Å². The standard InChI is InChI=1S/C19H16ClN3O4/c1-2-27-15-9-5-13(6-10-15)21-11-16-17(24)22-19(26)23(18(16)25)14-7-3-12(20)4-8-14/h3-11,16H,2H2,1H3,(H,22,24,26)/t16-/m0/s1. The summed E-state index contributed by atoms with van der Waals surface area (Å²) < 4.78 is 5.35. The second-order valence-corrected chi connectivity index (χ2v) is 6.06. The number of nitrogens with one attached hydrogen (secondary N) is 1. The quantitative estimate of drug-likeness (QED) is 0.631. The Balaban J connectivity index is 1.81. The van der Waals surface area contributed by atoms with Gasteiger partial charge in [-0.05, 0) is 55.5 Å². The SMILES string of the molecule is CCOc1ccc(N=C[C@H]2C(=O)NC(=O)N(c3ccc(Cl)cc3)C2=O)cc1. The van der Waals surface area contributed by atoms with Gasteiger partial charge in [0, 0.05) is 11.2 Å². The largest absolute Gasteiger partial charge is 0.494 e. The van der Waals surface area contributed by atoms with E-state index in [9.17, 15) is 14.4 Å². The zero-order chi connectivity index (χ0) is 19.4. The van der Waals surface area contributed by atoms with Crippen LogP contribution in [0.5, 0.6) is 5.75 Å². The minimum Gasteiger partial charge on any atom is -0.494 e. The van der Waals surface area contributed by atoms with Crippen molar-refractivity contribution in [3.63, 3.8) is 0 Å². The molecule has 138 valence electrons. The van der Waals surface area contributed by atoms with Gasteiger partial charge in [-0.3, -0.25) is 19.9 Å². The monoisotopic (exact) mass is 385 g/mol. The number of rotatable bonds is 5. The maximum absolute atomic E-state index is 12.7. The molecule has 1 fully saturated rings. The van der Waals surface area contributed by atoms with E-state index in [-0.39, 0.29) is 0 Å². The van der Waals surface area contributed by atoms with Crippen LogP contribution in [-0.2, 0) is 9.59 Å². The summed E-state index contributed by atoms with van der Waals surface area (Å²) in [6, 6.07) is 12.2. The summed E-state index contributed by atoms with van der Waals surface area (Å²) in [7, 11) is 0. The molecule has 7 nitrogen and oxygen atoms in total. The zero-order valence-electron chi connectivity index (χ0n) is 14.4. The van der Waals surface area contributed by atoms with Gasteiger partial charge in [-0.25, -0.2) is 9.69 Å². The number of anilines is 1. The molecule has 1 aliphatic rings. The molecule has 3 rings (SSSR count). The lowest BCUT2D eigenvalue weighted by molar-refractivity contribution is -0.131. The Bertz CT molecular complexity index is 894. The van der Waals surface area contributed by atoms with Crippen LogP contribution in [0.1, 0.15) is 6.92 Å². The number of hydrogen-bond donors (Lipinski definition) is 1. The summed E-state index contributed by atoms with van der Waals surface area (Å²) in [5.41, 5.74) is 0.864. The number of urea groups is 1. The van der Waals surface area contributed by atoms with Crippen molar-refractivity contribution in [1.29, 1.82) is 0 Å². The summed E-state index contributed by atoms with van der Waals surface area (Å²) in [6.45, 7) is 2.43. The minimum atomic E-state index is -1.22. The number of hydrogen-bond acceptors (Lipinski definition) is 5. The molecule has 0 unspecified atom stereocenters. The van der Waals surface area contributed by atoms with Crippen LogP contribution >= 0.6 is 11.6 Å². The fourth-order valence-electron chi connectivity index (χ4n) is 2.51. The van der Waals surface area contributed by atoms with Crippen molar-refractivity contribution in [3.8, 4) is 5.75 Å². The van der Waals surface area contributed by atoms with E-state index in [2.05, 4.69) is 10.3 Å². The maximum atomic E-state index is 12.7. The van der Waals surface area contributed by atoms with Crippen LogP contribution in [0.25, 0.3) is 0 Å². The van der Waals surface area contributed by atoms with E-state index in [1.165, 1.54) is 18.3 Å². The third-order valence-corrected chi connectivity index (χ3v) is 4.06. The maximum Gasteiger partial charge on any atom is 0.335 e. The number of carbonyl (C=O) groups is 3. The first-order valence-corrected chi connectivity index (χ1v) is 8.59. The van der Waals surface area contributed by atoms with Crippen molar-refractivity contribution >= 4 is 47.0 Å². The molecule has 0 bridgehead atoms. The fraction of sp³-hybridized carbons (Fsp3) is 0.158. The molecule has 4 amide bonds. The average Bonchev–Trinajstić information content (AvgIpc) is 2.64. The number of benzene rings is 2. The van der Waals surface area contributed by atoms with Gasteiger partial charge in [0.1, 0.15) is 5.75 Å². The van der Waals surface area contributed by atoms with E-state index in [1.807, 2.05) is 6.92 Å². The number of amides is 4. The molecule has 2 aromatic carbocycles. The van der Waals surface area contributed by atoms with Gasteiger partial charge in [-0.15, -0.1) is 0 Å². The van der Waals surface area contributed by atoms with E-state index in [0.717, 1.165) is 4.90 Å². The number of nitrogens with zero attached hydrogens (tertiary/aromatic N) is 2. The van der Waals surface area contributed by atoms with Crippen LogP contribution in [-0.4, -0.2) is 30.7 Å². The molecule has 0 radical (unpaired) electrons. The number of halogens is 1. The predicted octanol–water partition coefficient (Wildman–Crippen LogP) is 3.34. The van der Waals surface area contributed by atoms with Gasteiger partial charge >= 0.3 is 6.03 Å². The average molecular weight is 386 g/mol. The fourth-order valence-corrected chi connectivity index (χ4v) is 2.64. The van der Waals surface area contributed by atoms with Gasteiger partial charge in [-0.1, -0.05) is 11.6 Å². The van der Waals surface area contributed by atoms with Gasteiger partial charge in [0.25, 0.3) is 5.91 Å². The van der Waals surface area contributed by atoms with E-state index in [4.69, 9.17) is 16.3 Å². The topological polar surface area (TPSA) is 88.1 Å². The second-order valence-electron chi connectivity index (χ2n) is 5.63. The normalized spacial score (nSPS) is 17.3. The van der Waals surface area contributed by atoms with Gasteiger partial charge < -0.3 is 4.74 Å². The van der Waals surface area contributed by atoms with Crippen molar-refractivity contribution in [2.75, 3.05) is 11.5 Å². The summed E-state index contributed by atoms with van der Waals surface area (Å²) >= 11 is 5.84. The molecular weight excluding hydrogens is 370 g/mol. The number of barbiturate groups is 1. The van der Waals surface area contributed by atoms with Gasteiger partial charge in [0.15, 0.2) is 5.92 Å². The van der Waals surface area contributed by atoms with Crippen LogP contribution in [0, 0.1) is 5.92 Å². The van der Waals surface area contributed by atoms with Crippen LogP contribution < -0.4 is 15.0 Å². The first-order valence-electron chi connectivity index (χ1n) is 8.21. The van der Waals surface area contributed by atoms with Crippen LogP contribution in [0.3, 0.4) is 0 Å². The molecule has 2 aromatic rings. The molecule has 1 saturated heterocycles. The second kappa shape index (κ2) is 8.01. The third kappa shape index (κ3) is 4.15. The van der Waals surface area contributed by atoms with Crippen LogP contribution in [0.15, 0.2) is 53.5 Å². The Morgan fingerprint density at radius 2 is 1.78 bits per heavy atom. The summed E-state index contributed by atoms with van der Waals surface area (Å²) in [6.07, 6.45) is 1.22. The van der Waals surface area contributed by atoms with E-state index < -0.39 is 23.8 Å². The van der Waals surface area contributed by atoms with Crippen molar-refractivity contribution in [3.05, 3.63) is 53.6 Å². The Hall–Kier alpha value is -3.19. The molecule has 27 heavy (non-hydrogen) atoms. The Kier molecular flexibility index (Phi) is 5.52. The highest BCUT2D eigenvalue weighted by atomic mass is 35.5. The smallest absolute Gasteiger partial charge is 0.335 e. The molecule has 1 atom stereocenters. The van der Waals surface area contributed by atoms with E-state index >= 15 is 0 Å². The molecular formula is C19H16ClN3O4. The summed E-state index contributed by atoms with van der Waals surface area (Å²) in [5, 5.41) is 2.63. The first kappa shape index (κ1) is 18.6. The lowest BCUT2D eigenvalue weighted by atomic mass is 10.1. The van der Waals surface area contributed by atoms with Gasteiger partial charge in [-0.2, -0.15) is 0 Å². The molecule has 0 aromatic heterocycles. The Labute approximate surface area is 160 Å². The minimum absolute atomic E-state index is 0.314. The lowest BCUT2D eigenvalue weighted by Gasteiger charge is -2.28. The molecule has 1 heterocycles. The number of aliphatic imine (C=N–C) groups is 1. The lowest BCUT2D eigenvalue weighted by Crippen LogP contribution is -2.58. The number of imide groups is 2. The molecule has 1 N–H and O–H groups in total. The highest BCUT2D eigenvalue weighted by Crippen LogP contribution is 2.23.